The lowest BCUT2D eigenvalue weighted by molar-refractivity contribution is -0.137. The fourth-order valence-electron chi connectivity index (χ4n) is 2.09. The average molecular weight is 378 g/mol. The minimum absolute atomic E-state index is 0.207. The number of hydrogen-bond donors (Lipinski definition) is 0. The van der Waals surface area contributed by atoms with Gasteiger partial charge in [-0.3, -0.25) is 0 Å². The van der Waals surface area contributed by atoms with Crippen LogP contribution in [0.15, 0.2) is 79.4 Å². The molecule has 0 aliphatic heterocycles. The summed E-state index contributed by atoms with van der Waals surface area (Å²) in [4.78, 5) is 22.4. The smallest absolute Gasteiger partial charge is 0.335 e. The van der Waals surface area contributed by atoms with Crippen molar-refractivity contribution in [3.63, 3.8) is 0 Å². The fraction of sp³-hybridized carbons (Fsp3) is 0.167. The molecule has 4 nitrogen and oxygen atoms in total. The SMILES string of the molecule is C=CC(=O)Oc1ccc(-c2ccc(/C=C/COC(=O)C(=C)C)cc2)cc1.CC. The van der Waals surface area contributed by atoms with E-state index in [-0.39, 0.29) is 6.61 Å². The van der Waals surface area contributed by atoms with Crippen LogP contribution in [0.3, 0.4) is 0 Å². The van der Waals surface area contributed by atoms with Crippen molar-refractivity contribution < 1.29 is 19.1 Å². The van der Waals surface area contributed by atoms with E-state index in [4.69, 9.17) is 9.47 Å². The summed E-state index contributed by atoms with van der Waals surface area (Å²) in [6.07, 6.45) is 4.78. The standard InChI is InChI=1S/C22H20O4.C2H6/c1-4-21(23)26-20-13-11-19(12-14-20)18-9-7-17(8-10-18)6-5-15-25-22(24)16(2)3;1-2/h4-14H,1-2,15H2,3H3;1-2H3/b6-5+;. The third kappa shape index (κ3) is 7.46. The van der Waals surface area contributed by atoms with Gasteiger partial charge in [0.2, 0.25) is 0 Å². The topological polar surface area (TPSA) is 52.6 Å². The molecule has 0 fully saturated rings. The molecule has 28 heavy (non-hydrogen) atoms. The van der Waals surface area contributed by atoms with Crippen LogP contribution in [0.4, 0.5) is 0 Å². The Morgan fingerprint density at radius 2 is 1.50 bits per heavy atom. The molecule has 0 atom stereocenters. The molecule has 0 unspecified atom stereocenters. The summed E-state index contributed by atoms with van der Waals surface area (Å²) in [7, 11) is 0. The highest BCUT2D eigenvalue weighted by Crippen LogP contribution is 2.23. The maximum absolute atomic E-state index is 11.3. The molecule has 2 aromatic carbocycles. The highest BCUT2D eigenvalue weighted by Gasteiger charge is 2.02. The Morgan fingerprint density at radius 3 is 2.00 bits per heavy atom. The Morgan fingerprint density at radius 1 is 0.964 bits per heavy atom. The van der Waals surface area contributed by atoms with E-state index in [1.807, 2.05) is 56.3 Å². The summed E-state index contributed by atoms with van der Waals surface area (Å²) in [6, 6.07) is 15.2. The molecule has 0 saturated carbocycles. The lowest BCUT2D eigenvalue weighted by atomic mass is 10.0. The van der Waals surface area contributed by atoms with Crippen LogP contribution in [0, 0.1) is 0 Å². The second-order valence-electron chi connectivity index (χ2n) is 5.55. The monoisotopic (exact) mass is 378 g/mol. The minimum atomic E-state index is -0.483. The Kier molecular flexibility index (Phi) is 9.76. The number of esters is 2. The van der Waals surface area contributed by atoms with Crippen LogP contribution in [-0.4, -0.2) is 18.5 Å². The van der Waals surface area contributed by atoms with Gasteiger partial charge in [-0.1, -0.05) is 69.5 Å². The van der Waals surface area contributed by atoms with Gasteiger partial charge in [0.25, 0.3) is 0 Å². The second-order valence-corrected chi connectivity index (χ2v) is 5.55. The molecule has 146 valence electrons. The van der Waals surface area contributed by atoms with Gasteiger partial charge < -0.3 is 9.47 Å². The molecule has 0 radical (unpaired) electrons. The van der Waals surface area contributed by atoms with Gasteiger partial charge in [-0.2, -0.15) is 0 Å². The predicted octanol–water partition coefficient (Wildman–Crippen LogP) is 5.60. The lowest BCUT2D eigenvalue weighted by Crippen LogP contribution is -2.04. The molecule has 4 heteroatoms. The molecule has 0 bridgehead atoms. The normalized spacial score (nSPS) is 9.82. The lowest BCUT2D eigenvalue weighted by Gasteiger charge is -2.05. The Hall–Kier alpha value is -3.40. The Balaban J connectivity index is 0.00000190. The molecule has 0 aliphatic carbocycles. The number of rotatable bonds is 7. The molecular formula is C24H26O4. The number of carbonyl (C=O) groups is 2. The minimum Gasteiger partial charge on any atom is -0.458 e. The maximum Gasteiger partial charge on any atom is 0.335 e. The molecule has 2 aromatic rings. The van der Waals surface area contributed by atoms with E-state index in [0.29, 0.717) is 11.3 Å². The van der Waals surface area contributed by atoms with Crippen molar-refractivity contribution in [2.75, 3.05) is 6.61 Å². The average Bonchev–Trinajstić information content (AvgIpc) is 2.73. The van der Waals surface area contributed by atoms with Crippen LogP contribution in [0.1, 0.15) is 26.3 Å². The Bertz CT molecular complexity index is 828. The number of carbonyl (C=O) groups excluding carboxylic acids is 2. The largest absolute Gasteiger partial charge is 0.458 e. The van der Waals surface area contributed by atoms with Gasteiger partial charge in [-0.25, -0.2) is 9.59 Å². The van der Waals surface area contributed by atoms with Gasteiger partial charge in [0.15, 0.2) is 0 Å². The van der Waals surface area contributed by atoms with Crippen molar-refractivity contribution in [3.8, 4) is 16.9 Å². The van der Waals surface area contributed by atoms with E-state index in [9.17, 15) is 9.59 Å². The molecule has 0 aliphatic rings. The molecular weight excluding hydrogens is 352 g/mol. The molecule has 0 spiro atoms. The van der Waals surface area contributed by atoms with Crippen molar-refractivity contribution in [1.29, 1.82) is 0 Å². The third-order valence-electron chi connectivity index (χ3n) is 3.45. The highest BCUT2D eigenvalue weighted by atomic mass is 16.5. The first-order valence-electron chi connectivity index (χ1n) is 9.03. The van der Waals surface area contributed by atoms with Crippen molar-refractivity contribution in [1.82, 2.24) is 0 Å². The Labute approximate surface area is 166 Å². The molecule has 0 aromatic heterocycles. The van der Waals surface area contributed by atoms with E-state index in [0.717, 1.165) is 22.8 Å². The first kappa shape index (κ1) is 22.6. The summed E-state index contributed by atoms with van der Waals surface area (Å²) in [5.41, 5.74) is 3.43. The van der Waals surface area contributed by atoms with Crippen molar-refractivity contribution in [2.24, 2.45) is 0 Å². The maximum atomic E-state index is 11.3. The molecule has 0 N–H and O–H groups in total. The van der Waals surface area contributed by atoms with Crippen LogP contribution in [0.5, 0.6) is 5.75 Å². The van der Waals surface area contributed by atoms with E-state index in [2.05, 4.69) is 13.2 Å². The van der Waals surface area contributed by atoms with Crippen molar-refractivity contribution in [2.45, 2.75) is 20.8 Å². The van der Waals surface area contributed by atoms with E-state index < -0.39 is 11.9 Å². The summed E-state index contributed by atoms with van der Waals surface area (Å²) < 4.78 is 10.1. The second kappa shape index (κ2) is 12.1. The zero-order chi connectivity index (χ0) is 20.9. The third-order valence-corrected chi connectivity index (χ3v) is 3.45. The highest BCUT2D eigenvalue weighted by molar-refractivity contribution is 5.87. The van der Waals surface area contributed by atoms with Gasteiger partial charge in [0.1, 0.15) is 12.4 Å². The summed E-state index contributed by atoms with van der Waals surface area (Å²) in [5.74, 6) is -0.405. The summed E-state index contributed by atoms with van der Waals surface area (Å²) >= 11 is 0. The van der Waals surface area contributed by atoms with Gasteiger partial charge in [-0.15, -0.1) is 0 Å². The van der Waals surface area contributed by atoms with Crippen LogP contribution < -0.4 is 4.74 Å². The molecule has 0 heterocycles. The van der Waals surface area contributed by atoms with E-state index in [1.54, 1.807) is 25.1 Å². The number of hydrogen-bond acceptors (Lipinski definition) is 4. The van der Waals surface area contributed by atoms with Gasteiger partial charge in [0, 0.05) is 11.6 Å². The zero-order valence-corrected chi connectivity index (χ0v) is 16.6. The first-order valence-corrected chi connectivity index (χ1v) is 9.03. The zero-order valence-electron chi connectivity index (χ0n) is 16.6. The predicted molar refractivity (Wildman–Crippen MR) is 114 cm³/mol. The van der Waals surface area contributed by atoms with Crippen LogP contribution in [0.25, 0.3) is 17.2 Å². The van der Waals surface area contributed by atoms with E-state index >= 15 is 0 Å². The van der Waals surface area contributed by atoms with Crippen LogP contribution in [-0.2, 0) is 14.3 Å². The van der Waals surface area contributed by atoms with Crippen LogP contribution in [0.2, 0.25) is 0 Å². The molecule has 2 rings (SSSR count). The number of ether oxygens (including phenoxy) is 2. The molecule has 0 amide bonds. The summed E-state index contributed by atoms with van der Waals surface area (Å²) in [6.45, 7) is 12.7. The molecule has 0 saturated heterocycles. The van der Waals surface area contributed by atoms with Gasteiger partial charge in [-0.05, 0) is 41.8 Å². The fourth-order valence-corrected chi connectivity index (χ4v) is 2.09. The summed E-state index contributed by atoms with van der Waals surface area (Å²) in [5, 5.41) is 0. The van der Waals surface area contributed by atoms with Crippen LogP contribution >= 0.6 is 0 Å². The van der Waals surface area contributed by atoms with Gasteiger partial charge >= 0.3 is 11.9 Å². The van der Waals surface area contributed by atoms with Gasteiger partial charge in [0.05, 0.1) is 0 Å². The van der Waals surface area contributed by atoms with Crippen molar-refractivity contribution >= 4 is 18.0 Å². The van der Waals surface area contributed by atoms with E-state index in [1.165, 1.54) is 0 Å². The first-order chi connectivity index (χ1) is 13.5. The quantitative estimate of drug-likeness (QED) is 0.357. The number of benzene rings is 2. The van der Waals surface area contributed by atoms with Crippen molar-refractivity contribution in [3.05, 3.63) is 85.0 Å².